The lowest BCUT2D eigenvalue weighted by atomic mass is 10.1. The molecule has 58 valence electrons. The standard InChI is InChI=1S/C8H6O2.H2O/c9-5-7-3-1-2-4-8(7)6-10;/h1-6H;1H2. The van der Waals surface area contributed by atoms with E-state index >= 15 is 0 Å². The summed E-state index contributed by atoms with van der Waals surface area (Å²) in [6, 6.07) is 6.65. The van der Waals surface area contributed by atoms with Crippen LogP contribution in [0.15, 0.2) is 24.3 Å². The zero-order chi connectivity index (χ0) is 7.40. The molecule has 0 radical (unpaired) electrons. The molecule has 0 aliphatic carbocycles. The summed E-state index contributed by atoms with van der Waals surface area (Å²) < 4.78 is 0. The van der Waals surface area contributed by atoms with Crippen molar-refractivity contribution >= 4 is 12.6 Å². The molecule has 0 aromatic heterocycles. The number of aldehydes is 2. The average Bonchev–Trinajstić information content (AvgIpc) is 2.04. The van der Waals surface area contributed by atoms with Gasteiger partial charge in [-0.3, -0.25) is 9.59 Å². The first-order chi connectivity index (χ1) is 4.88. The molecule has 0 fully saturated rings. The lowest BCUT2D eigenvalue weighted by Gasteiger charge is -1.91. The minimum Gasteiger partial charge on any atom is -0.412 e. The Hall–Kier alpha value is -1.48. The maximum Gasteiger partial charge on any atom is 0.150 e. The van der Waals surface area contributed by atoms with Gasteiger partial charge in [0.1, 0.15) is 0 Å². The Morgan fingerprint density at radius 3 is 1.55 bits per heavy atom. The van der Waals surface area contributed by atoms with E-state index in [1.54, 1.807) is 24.3 Å². The lowest BCUT2D eigenvalue weighted by Crippen LogP contribution is -1.87. The summed E-state index contributed by atoms with van der Waals surface area (Å²) in [6.45, 7) is 0. The maximum absolute atomic E-state index is 10.2. The largest absolute Gasteiger partial charge is 0.412 e. The normalized spacial score (nSPS) is 8.00. The highest BCUT2D eigenvalue weighted by Crippen LogP contribution is 2.01. The molecule has 2 N–H and O–H groups in total. The second-order valence-corrected chi connectivity index (χ2v) is 1.86. The minimum absolute atomic E-state index is 0. The molecular formula is C8H8O3. The molecule has 0 saturated carbocycles. The highest BCUT2D eigenvalue weighted by atomic mass is 16.1. The molecule has 0 heterocycles. The SMILES string of the molecule is O.O=Cc1ccccc1C=O. The zero-order valence-corrected chi connectivity index (χ0v) is 5.78. The summed E-state index contributed by atoms with van der Waals surface area (Å²) in [5.41, 5.74) is 0.884. The van der Waals surface area contributed by atoms with Crippen LogP contribution in [0, 0.1) is 0 Å². The Morgan fingerprint density at radius 2 is 1.27 bits per heavy atom. The molecule has 1 aromatic carbocycles. The van der Waals surface area contributed by atoms with Crippen molar-refractivity contribution in [2.45, 2.75) is 0 Å². The summed E-state index contributed by atoms with van der Waals surface area (Å²) in [4.78, 5) is 20.5. The fraction of sp³-hybridized carbons (Fsp3) is 0. The molecule has 3 heteroatoms. The summed E-state index contributed by atoms with van der Waals surface area (Å²) in [5, 5.41) is 0. The third kappa shape index (κ3) is 1.98. The predicted octanol–water partition coefficient (Wildman–Crippen LogP) is 0.487. The highest BCUT2D eigenvalue weighted by molar-refractivity contribution is 5.89. The van der Waals surface area contributed by atoms with Crippen LogP contribution in [0.5, 0.6) is 0 Å². The molecule has 0 aliphatic rings. The van der Waals surface area contributed by atoms with Crippen LogP contribution in [0.4, 0.5) is 0 Å². The Balaban J connectivity index is 0.000001000. The molecule has 0 spiro atoms. The van der Waals surface area contributed by atoms with E-state index < -0.39 is 0 Å². The molecule has 11 heavy (non-hydrogen) atoms. The Bertz CT molecular complexity index is 228. The smallest absolute Gasteiger partial charge is 0.150 e. The van der Waals surface area contributed by atoms with Gasteiger partial charge in [0.15, 0.2) is 12.6 Å². The van der Waals surface area contributed by atoms with Gasteiger partial charge in [-0.15, -0.1) is 0 Å². The summed E-state index contributed by atoms with van der Waals surface area (Å²) >= 11 is 0. The first-order valence-electron chi connectivity index (χ1n) is 2.88. The van der Waals surface area contributed by atoms with Gasteiger partial charge in [-0.25, -0.2) is 0 Å². The monoisotopic (exact) mass is 152 g/mol. The molecular weight excluding hydrogens is 144 g/mol. The molecule has 1 aromatic rings. The molecule has 0 bridgehead atoms. The van der Waals surface area contributed by atoms with Gasteiger partial charge in [0.2, 0.25) is 0 Å². The number of hydrogen-bond donors (Lipinski definition) is 0. The second-order valence-electron chi connectivity index (χ2n) is 1.86. The number of benzene rings is 1. The van der Waals surface area contributed by atoms with E-state index in [0.29, 0.717) is 23.7 Å². The Labute approximate surface area is 64.0 Å². The molecule has 0 atom stereocenters. The summed E-state index contributed by atoms with van der Waals surface area (Å²) in [5.74, 6) is 0. The summed E-state index contributed by atoms with van der Waals surface area (Å²) in [7, 11) is 0. The van der Waals surface area contributed by atoms with Crippen LogP contribution in [-0.2, 0) is 0 Å². The predicted molar refractivity (Wildman–Crippen MR) is 40.8 cm³/mol. The average molecular weight is 152 g/mol. The molecule has 0 aliphatic heterocycles. The minimum atomic E-state index is 0. The van der Waals surface area contributed by atoms with Gasteiger partial charge >= 0.3 is 0 Å². The fourth-order valence-corrected chi connectivity index (χ4v) is 0.726. The number of carbonyl (C=O) groups excluding carboxylic acids is 2. The van der Waals surface area contributed by atoms with E-state index in [1.165, 1.54) is 0 Å². The Morgan fingerprint density at radius 1 is 0.909 bits per heavy atom. The van der Waals surface area contributed by atoms with Crippen molar-refractivity contribution in [3.8, 4) is 0 Å². The van der Waals surface area contributed by atoms with Crippen molar-refractivity contribution in [1.29, 1.82) is 0 Å². The van der Waals surface area contributed by atoms with Crippen molar-refractivity contribution in [2.75, 3.05) is 0 Å². The topological polar surface area (TPSA) is 65.6 Å². The molecule has 3 nitrogen and oxygen atoms in total. The van der Waals surface area contributed by atoms with E-state index in [4.69, 9.17) is 0 Å². The van der Waals surface area contributed by atoms with Crippen LogP contribution in [0.25, 0.3) is 0 Å². The van der Waals surface area contributed by atoms with Crippen molar-refractivity contribution in [3.63, 3.8) is 0 Å². The van der Waals surface area contributed by atoms with E-state index in [0.717, 1.165) is 0 Å². The highest BCUT2D eigenvalue weighted by Gasteiger charge is 1.95. The van der Waals surface area contributed by atoms with Gasteiger partial charge in [0.05, 0.1) is 0 Å². The first kappa shape index (κ1) is 9.52. The van der Waals surface area contributed by atoms with Crippen molar-refractivity contribution in [3.05, 3.63) is 35.4 Å². The maximum atomic E-state index is 10.2. The van der Waals surface area contributed by atoms with Gasteiger partial charge < -0.3 is 5.48 Å². The first-order valence-corrected chi connectivity index (χ1v) is 2.88. The quantitative estimate of drug-likeness (QED) is 0.578. The van der Waals surface area contributed by atoms with E-state index in [1.807, 2.05) is 0 Å². The van der Waals surface area contributed by atoms with Crippen LogP contribution < -0.4 is 0 Å². The molecule has 0 amide bonds. The summed E-state index contributed by atoms with van der Waals surface area (Å²) in [6.07, 6.45) is 1.34. The van der Waals surface area contributed by atoms with Gasteiger partial charge in [0.25, 0.3) is 0 Å². The van der Waals surface area contributed by atoms with Crippen molar-refractivity contribution in [2.24, 2.45) is 0 Å². The van der Waals surface area contributed by atoms with E-state index in [9.17, 15) is 9.59 Å². The third-order valence-electron chi connectivity index (χ3n) is 1.25. The zero-order valence-electron chi connectivity index (χ0n) is 5.78. The molecule has 1 rings (SSSR count). The van der Waals surface area contributed by atoms with Crippen LogP contribution in [0.1, 0.15) is 20.7 Å². The number of rotatable bonds is 2. The van der Waals surface area contributed by atoms with E-state index in [2.05, 4.69) is 0 Å². The van der Waals surface area contributed by atoms with Crippen LogP contribution in [0.2, 0.25) is 0 Å². The van der Waals surface area contributed by atoms with E-state index in [-0.39, 0.29) is 5.48 Å². The van der Waals surface area contributed by atoms with Gasteiger partial charge in [-0.2, -0.15) is 0 Å². The number of hydrogen-bond acceptors (Lipinski definition) is 2. The van der Waals surface area contributed by atoms with Gasteiger partial charge in [-0.1, -0.05) is 24.3 Å². The molecule has 0 saturated heterocycles. The number of carbonyl (C=O) groups is 2. The molecule has 0 unspecified atom stereocenters. The van der Waals surface area contributed by atoms with Crippen molar-refractivity contribution in [1.82, 2.24) is 0 Å². The second kappa shape index (κ2) is 4.35. The lowest BCUT2D eigenvalue weighted by molar-refractivity contribution is 0.109. The van der Waals surface area contributed by atoms with Crippen molar-refractivity contribution < 1.29 is 15.1 Å². The van der Waals surface area contributed by atoms with Gasteiger partial charge in [0, 0.05) is 11.1 Å². The van der Waals surface area contributed by atoms with Gasteiger partial charge in [-0.05, 0) is 0 Å². The van der Waals surface area contributed by atoms with Crippen LogP contribution >= 0.6 is 0 Å². The third-order valence-corrected chi connectivity index (χ3v) is 1.25. The van der Waals surface area contributed by atoms with Crippen LogP contribution in [-0.4, -0.2) is 18.0 Å². The van der Waals surface area contributed by atoms with Crippen LogP contribution in [0.3, 0.4) is 0 Å². The fourth-order valence-electron chi connectivity index (χ4n) is 0.726. The Kier molecular flexibility index (Phi) is 3.77.